The Labute approximate surface area is 337 Å². The van der Waals surface area contributed by atoms with Crippen LogP contribution in [0.4, 0.5) is 15.3 Å². The molecule has 0 saturated heterocycles. The van der Waals surface area contributed by atoms with Gasteiger partial charge in [-0.15, -0.1) is 5.10 Å². The summed E-state index contributed by atoms with van der Waals surface area (Å²) in [6.07, 6.45) is 8.75. The molecule has 2 aliphatic rings. The van der Waals surface area contributed by atoms with E-state index in [2.05, 4.69) is 44.8 Å². The van der Waals surface area contributed by atoms with E-state index < -0.39 is 17.4 Å². The highest BCUT2D eigenvalue weighted by molar-refractivity contribution is 5.98. The highest BCUT2D eigenvalue weighted by Crippen LogP contribution is 2.40. The lowest BCUT2D eigenvalue weighted by Gasteiger charge is -2.36. The summed E-state index contributed by atoms with van der Waals surface area (Å²) in [6.45, 7) is 17.2. The molecule has 0 bridgehead atoms. The van der Waals surface area contributed by atoms with Gasteiger partial charge in [-0.2, -0.15) is 0 Å². The lowest BCUT2D eigenvalue weighted by molar-refractivity contribution is -0.118. The second-order valence-corrected chi connectivity index (χ2v) is 16.8. The number of carbonyl (C=O) groups excluding carboxylic acids is 3. The van der Waals surface area contributed by atoms with Gasteiger partial charge in [0.25, 0.3) is 5.91 Å². The fraction of sp³-hybridized carbons (Fsp3) is 0.605. The molecule has 1 fully saturated rings. The minimum absolute atomic E-state index is 0.120. The summed E-state index contributed by atoms with van der Waals surface area (Å²) in [7, 11) is 0. The van der Waals surface area contributed by atoms with Crippen molar-refractivity contribution < 1.29 is 38.1 Å². The molecule has 0 radical (unpaired) electrons. The third-order valence-electron chi connectivity index (χ3n) is 9.80. The van der Waals surface area contributed by atoms with Crippen LogP contribution in [0.15, 0.2) is 42.6 Å². The Balaban J connectivity index is 1.19. The summed E-state index contributed by atoms with van der Waals surface area (Å²) in [5.41, 5.74) is 2.72. The Kier molecular flexibility index (Phi) is 15.3. The predicted octanol–water partition coefficient (Wildman–Crippen LogP) is 7.67. The summed E-state index contributed by atoms with van der Waals surface area (Å²) in [5, 5.41) is 11.2. The molecule has 57 heavy (non-hydrogen) atoms. The van der Waals surface area contributed by atoms with Gasteiger partial charge in [0, 0.05) is 50.9 Å². The van der Waals surface area contributed by atoms with Gasteiger partial charge in [-0.05, 0) is 104 Å². The minimum Gasteiger partial charge on any atom is -0.481 e. The van der Waals surface area contributed by atoms with Gasteiger partial charge < -0.3 is 33.9 Å². The molecule has 0 unspecified atom stereocenters. The maximum atomic E-state index is 13.7. The molecular weight excluding hydrogens is 729 g/mol. The summed E-state index contributed by atoms with van der Waals surface area (Å²) in [6, 6.07) is 12.2. The first-order valence-corrected chi connectivity index (χ1v) is 20.5. The van der Waals surface area contributed by atoms with E-state index in [1.54, 1.807) is 37.8 Å². The molecule has 0 atom stereocenters. The van der Waals surface area contributed by atoms with Crippen molar-refractivity contribution in [2.75, 3.05) is 51.3 Å². The van der Waals surface area contributed by atoms with Crippen molar-refractivity contribution in [3.05, 3.63) is 53.7 Å². The molecule has 1 aromatic heterocycles. The van der Waals surface area contributed by atoms with Gasteiger partial charge in [0.05, 0.1) is 12.8 Å². The number of rotatable bonds is 17. The van der Waals surface area contributed by atoms with E-state index in [1.165, 1.54) is 24.8 Å². The van der Waals surface area contributed by atoms with E-state index >= 15 is 0 Å². The number of amides is 2. The monoisotopic (exact) mass is 790 g/mol. The number of aromatic nitrogens is 3. The van der Waals surface area contributed by atoms with E-state index in [0.29, 0.717) is 51.1 Å². The molecule has 1 N–H and O–H groups in total. The molecule has 1 aliphatic carbocycles. The van der Waals surface area contributed by atoms with Gasteiger partial charge in [0.2, 0.25) is 0 Å². The molecule has 1 saturated carbocycles. The number of fused-ring (bicyclic) bond motifs is 1. The Bertz CT molecular complexity index is 1790. The first-order valence-electron chi connectivity index (χ1n) is 20.5. The minimum atomic E-state index is -0.890. The lowest BCUT2D eigenvalue weighted by Crippen LogP contribution is -2.46. The van der Waals surface area contributed by atoms with Crippen LogP contribution in [0.1, 0.15) is 98.1 Å². The van der Waals surface area contributed by atoms with Crippen molar-refractivity contribution in [3.8, 4) is 22.8 Å². The number of ether oxygens (including phenoxy) is 5. The molecule has 2 heterocycles. The largest absolute Gasteiger partial charge is 0.514 e. The number of hydrogen-bond donors (Lipinski definition) is 1. The Hall–Kier alpha value is -4.69. The van der Waals surface area contributed by atoms with E-state index in [4.69, 9.17) is 23.7 Å². The maximum absolute atomic E-state index is 13.7. The maximum Gasteiger partial charge on any atom is 0.514 e. The van der Waals surface area contributed by atoms with Gasteiger partial charge in [0.1, 0.15) is 22.6 Å². The molecule has 5 rings (SSSR count). The fourth-order valence-corrected chi connectivity index (χ4v) is 7.03. The number of nitrogens with zero attached hydrogens (tertiary/aromatic N) is 5. The zero-order valence-corrected chi connectivity index (χ0v) is 34.9. The molecule has 2 amide bonds. The first-order chi connectivity index (χ1) is 27.2. The molecule has 312 valence electrons. The number of nitrogens with one attached hydrogen (secondary N) is 1. The smallest absolute Gasteiger partial charge is 0.481 e. The average molecular weight is 791 g/mol. The van der Waals surface area contributed by atoms with Crippen LogP contribution in [0.5, 0.6) is 11.5 Å². The third kappa shape index (κ3) is 13.7. The Morgan fingerprint density at radius 3 is 2.42 bits per heavy atom. The van der Waals surface area contributed by atoms with Crippen LogP contribution in [0.25, 0.3) is 11.3 Å². The fourth-order valence-electron chi connectivity index (χ4n) is 7.03. The predicted molar refractivity (Wildman–Crippen MR) is 218 cm³/mol. The number of aryl methyl sites for hydroxylation is 1. The van der Waals surface area contributed by atoms with Crippen molar-refractivity contribution in [1.29, 1.82) is 0 Å². The molecule has 0 spiro atoms. The number of hydrogen-bond acceptors (Lipinski definition) is 11. The number of anilines is 1. The van der Waals surface area contributed by atoms with Crippen LogP contribution in [0.3, 0.4) is 0 Å². The van der Waals surface area contributed by atoms with Crippen LogP contribution < -0.4 is 14.8 Å². The van der Waals surface area contributed by atoms with E-state index in [1.807, 2.05) is 38.6 Å². The SMILES string of the molecule is CCn1cc(-c2cccc(CCOCCCN(CCN(CCc3ccc(OC(=O)OC(C)(C)C)c4c3OCC(=O)N4)C(=O)OC(C)(C)C)C3CCCCC3)c2)nn1. The van der Waals surface area contributed by atoms with Gasteiger partial charge in [0.15, 0.2) is 18.1 Å². The summed E-state index contributed by atoms with van der Waals surface area (Å²) in [4.78, 5) is 42.7. The molecule has 14 nitrogen and oxygen atoms in total. The van der Waals surface area contributed by atoms with Crippen molar-refractivity contribution in [2.24, 2.45) is 0 Å². The molecule has 3 aromatic rings. The Morgan fingerprint density at radius 1 is 0.930 bits per heavy atom. The highest BCUT2D eigenvalue weighted by Gasteiger charge is 2.29. The first kappa shape index (κ1) is 43.4. The molecule has 14 heteroatoms. The number of benzene rings is 2. The van der Waals surface area contributed by atoms with E-state index in [9.17, 15) is 14.4 Å². The zero-order valence-electron chi connectivity index (χ0n) is 34.9. The van der Waals surface area contributed by atoms with Gasteiger partial charge in [-0.1, -0.05) is 48.7 Å². The lowest BCUT2D eigenvalue weighted by atomic mass is 9.94. The molecule has 1 aliphatic heterocycles. The topological polar surface area (TPSA) is 147 Å². The Morgan fingerprint density at radius 2 is 1.70 bits per heavy atom. The summed E-state index contributed by atoms with van der Waals surface area (Å²) in [5.74, 6) is 0.157. The summed E-state index contributed by atoms with van der Waals surface area (Å²) >= 11 is 0. The van der Waals surface area contributed by atoms with E-state index in [0.717, 1.165) is 55.6 Å². The second kappa shape index (κ2) is 20.1. The normalized spacial score (nSPS) is 14.8. The molecule has 2 aromatic carbocycles. The van der Waals surface area contributed by atoms with Gasteiger partial charge in [-0.3, -0.25) is 14.4 Å². The van der Waals surface area contributed by atoms with Gasteiger partial charge in [-0.25, -0.2) is 9.59 Å². The zero-order chi connectivity index (χ0) is 41.0. The second-order valence-electron chi connectivity index (χ2n) is 16.8. The van der Waals surface area contributed by atoms with Gasteiger partial charge >= 0.3 is 12.2 Å². The van der Waals surface area contributed by atoms with Crippen molar-refractivity contribution in [2.45, 2.75) is 124 Å². The van der Waals surface area contributed by atoms with Crippen LogP contribution in [-0.4, -0.2) is 106 Å². The standard InChI is InChI=1S/C43H62N6O8/c1-8-49-29-35(45-46-49)33-15-12-14-31(28-33)21-27-53-26-13-22-47(34-16-10-9-11-17-34)24-25-48(40(51)56-42(2,3)4)23-20-32-18-19-36(55-41(52)57-43(5,6)7)38-39(32)54-30-37(50)44-38/h12,14-15,18-19,28-29,34H,8-11,13,16-17,20-27,30H2,1-7H3,(H,44,50). The average Bonchev–Trinajstić information content (AvgIpc) is 3.65. The number of carbonyl (C=O) groups is 3. The van der Waals surface area contributed by atoms with Crippen molar-refractivity contribution in [1.82, 2.24) is 24.8 Å². The van der Waals surface area contributed by atoms with Crippen LogP contribution in [0, 0.1) is 0 Å². The van der Waals surface area contributed by atoms with Crippen molar-refractivity contribution >= 4 is 23.8 Å². The third-order valence-corrected chi connectivity index (χ3v) is 9.80. The summed E-state index contributed by atoms with van der Waals surface area (Å²) < 4.78 is 30.5. The van der Waals surface area contributed by atoms with E-state index in [-0.39, 0.29) is 30.0 Å². The van der Waals surface area contributed by atoms with Crippen LogP contribution >= 0.6 is 0 Å². The molecular formula is C43H62N6O8. The highest BCUT2D eigenvalue weighted by atomic mass is 16.7. The quantitative estimate of drug-likeness (QED) is 0.0817. The van der Waals surface area contributed by atoms with Crippen molar-refractivity contribution in [3.63, 3.8) is 0 Å². The van der Waals surface area contributed by atoms with Crippen LogP contribution in [-0.2, 0) is 38.4 Å². The van der Waals surface area contributed by atoms with Crippen LogP contribution in [0.2, 0.25) is 0 Å².